The number of nitrogens with zero attached hydrogens (tertiary/aromatic N) is 1. The second-order valence-corrected chi connectivity index (χ2v) is 7.98. The van der Waals surface area contributed by atoms with Gasteiger partial charge in [-0.25, -0.2) is 13.8 Å². The average Bonchev–Trinajstić information content (AvgIpc) is 3.02. The van der Waals surface area contributed by atoms with Crippen LogP contribution in [0.15, 0.2) is 60.7 Å². The van der Waals surface area contributed by atoms with E-state index in [9.17, 15) is 8.78 Å². The fraction of sp³-hybridized carbons (Fsp3) is 0.269. The smallest absolute Gasteiger partial charge is 0.239 e. The van der Waals surface area contributed by atoms with Crippen molar-refractivity contribution in [2.24, 2.45) is 0 Å². The van der Waals surface area contributed by atoms with Crippen LogP contribution in [0.5, 0.6) is 0 Å². The fourth-order valence-electron chi connectivity index (χ4n) is 4.56. The van der Waals surface area contributed by atoms with Gasteiger partial charge in [-0.1, -0.05) is 48.0 Å². The van der Waals surface area contributed by atoms with Crippen LogP contribution >= 0.6 is 0 Å². The third-order valence-corrected chi connectivity index (χ3v) is 5.93. The topological polar surface area (TPSA) is 12.9 Å². The number of rotatable bonds is 5. The maximum absolute atomic E-state index is 13.1. The Labute approximate surface area is 170 Å². The number of fused-ring (bicyclic) bond motifs is 2. The number of pyridine rings is 1. The van der Waals surface area contributed by atoms with Crippen LogP contribution in [0.4, 0.5) is 8.78 Å². The Kier molecular flexibility index (Phi) is 5.08. The van der Waals surface area contributed by atoms with Gasteiger partial charge in [-0.15, -0.1) is 6.58 Å². The van der Waals surface area contributed by atoms with Crippen molar-refractivity contribution in [1.82, 2.24) is 4.98 Å². The van der Waals surface area contributed by atoms with E-state index in [-0.39, 0.29) is 6.42 Å². The molecule has 1 aliphatic carbocycles. The molecule has 0 spiro atoms. The summed E-state index contributed by atoms with van der Waals surface area (Å²) in [7, 11) is 0. The van der Waals surface area contributed by atoms with Gasteiger partial charge in [-0.05, 0) is 61.1 Å². The summed E-state index contributed by atoms with van der Waals surface area (Å²) < 4.78 is 26.2. The van der Waals surface area contributed by atoms with Crippen molar-refractivity contribution >= 4 is 16.5 Å². The van der Waals surface area contributed by atoms with Crippen LogP contribution in [0, 0.1) is 13.8 Å². The monoisotopic (exact) mass is 389 g/mol. The first-order valence-corrected chi connectivity index (χ1v) is 10.0. The first-order chi connectivity index (χ1) is 13.9. The summed E-state index contributed by atoms with van der Waals surface area (Å²) in [5.41, 5.74) is 9.93. The van der Waals surface area contributed by atoms with Crippen LogP contribution in [0.2, 0.25) is 0 Å². The van der Waals surface area contributed by atoms with E-state index < -0.39 is 12.3 Å². The Morgan fingerprint density at radius 3 is 2.55 bits per heavy atom. The number of aromatic nitrogens is 1. The lowest BCUT2D eigenvalue weighted by Crippen LogP contribution is -2.05. The van der Waals surface area contributed by atoms with Gasteiger partial charge >= 0.3 is 0 Å². The zero-order valence-electron chi connectivity index (χ0n) is 17.1. The molecule has 1 heterocycles. The van der Waals surface area contributed by atoms with Crippen molar-refractivity contribution in [2.45, 2.75) is 46.0 Å². The maximum Gasteiger partial charge on any atom is 0.239 e. The molecule has 3 aromatic rings. The van der Waals surface area contributed by atoms with Crippen LogP contribution in [0.1, 0.15) is 52.8 Å². The molecule has 3 heteroatoms. The zero-order valence-corrected chi connectivity index (χ0v) is 17.1. The summed E-state index contributed by atoms with van der Waals surface area (Å²) in [5.74, 6) is -0.391. The normalized spacial score (nSPS) is 14.6. The van der Waals surface area contributed by atoms with Crippen LogP contribution in [0.25, 0.3) is 16.5 Å². The number of hydrogen-bond acceptors (Lipinski definition) is 1. The number of alkyl halides is 2. The zero-order chi connectivity index (χ0) is 20.7. The van der Waals surface area contributed by atoms with Gasteiger partial charge in [0.1, 0.15) is 0 Å². The molecule has 1 atom stereocenters. The van der Waals surface area contributed by atoms with Gasteiger partial charge < -0.3 is 0 Å². The second-order valence-electron chi connectivity index (χ2n) is 7.98. The molecule has 0 N–H and O–H groups in total. The highest BCUT2D eigenvalue weighted by molar-refractivity contribution is 5.93. The number of hydrogen-bond donors (Lipinski definition) is 0. The van der Waals surface area contributed by atoms with Gasteiger partial charge in [0.25, 0.3) is 0 Å². The molecular weight excluding hydrogens is 364 g/mol. The van der Waals surface area contributed by atoms with Gasteiger partial charge in [-0.2, -0.15) is 0 Å². The lowest BCUT2D eigenvalue weighted by molar-refractivity contribution is 0.133. The van der Waals surface area contributed by atoms with E-state index in [0.29, 0.717) is 0 Å². The molecule has 0 bridgehead atoms. The number of halogens is 2. The minimum Gasteiger partial charge on any atom is -0.247 e. The van der Waals surface area contributed by atoms with Crippen molar-refractivity contribution in [2.75, 3.05) is 0 Å². The Morgan fingerprint density at radius 1 is 1.07 bits per heavy atom. The van der Waals surface area contributed by atoms with Crippen molar-refractivity contribution in [3.05, 3.63) is 94.2 Å². The largest absolute Gasteiger partial charge is 0.247 e. The SMILES string of the molecule is C=CC(CC(F)F)c1ccc(C)c2nc(C3=C(C)Cc4ccccc43)cc(C)c12. The average molecular weight is 389 g/mol. The predicted octanol–water partition coefficient (Wildman–Crippen LogP) is 7.15. The standard InChI is InChI=1S/C26H25F2N/c1-5-18(14-23(27)28)21-11-10-15(2)26-25(21)17(4)13-22(29-26)24-16(3)12-19-8-6-7-9-20(19)24/h5-11,13,18,23H,1,12,14H2,2-4H3. The summed E-state index contributed by atoms with van der Waals surface area (Å²) in [6.45, 7) is 10.0. The Hall–Kier alpha value is -2.81. The molecule has 148 valence electrons. The first kappa shape index (κ1) is 19.5. The van der Waals surface area contributed by atoms with E-state index in [0.717, 1.165) is 39.7 Å². The third-order valence-electron chi connectivity index (χ3n) is 5.93. The third kappa shape index (κ3) is 3.39. The summed E-state index contributed by atoms with van der Waals surface area (Å²) in [6.07, 6.45) is -0.0232. The molecule has 1 aromatic heterocycles. The van der Waals surface area contributed by atoms with Crippen LogP contribution < -0.4 is 0 Å². The molecular formula is C26H25F2N. The quantitative estimate of drug-likeness (QED) is 0.422. The van der Waals surface area contributed by atoms with E-state index in [2.05, 4.69) is 50.8 Å². The van der Waals surface area contributed by atoms with Crippen LogP contribution in [-0.4, -0.2) is 11.4 Å². The summed E-state index contributed by atoms with van der Waals surface area (Å²) in [4.78, 5) is 5.04. The Bertz CT molecular complexity index is 1140. The molecule has 1 aliphatic rings. The molecule has 0 radical (unpaired) electrons. The van der Waals surface area contributed by atoms with Crippen molar-refractivity contribution in [3.63, 3.8) is 0 Å². The molecule has 0 aliphatic heterocycles. The summed E-state index contributed by atoms with van der Waals surface area (Å²) in [6, 6.07) is 14.5. The minimum absolute atomic E-state index is 0.222. The lowest BCUT2D eigenvalue weighted by atomic mass is 9.88. The van der Waals surface area contributed by atoms with Gasteiger partial charge in [0.05, 0.1) is 11.2 Å². The highest BCUT2D eigenvalue weighted by Gasteiger charge is 2.23. The van der Waals surface area contributed by atoms with Crippen molar-refractivity contribution in [1.29, 1.82) is 0 Å². The van der Waals surface area contributed by atoms with E-state index in [1.54, 1.807) is 6.08 Å². The van der Waals surface area contributed by atoms with Crippen molar-refractivity contribution in [3.8, 4) is 0 Å². The Morgan fingerprint density at radius 2 is 1.83 bits per heavy atom. The van der Waals surface area contributed by atoms with Gasteiger partial charge in [0.2, 0.25) is 6.43 Å². The molecule has 0 fully saturated rings. The van der Waals surface area contributed by atoms with E-state index in [4.69, 9.17) is 4.98 Å². The predicted molar refractivity (Wildman–Crippen MR) is 117 cm³/mol. The molecule has 0 amide bonds. The first-order valence-electron chi connectivity index (χ1n) is 10.0. The van der Waals surface area contributed by atoms with Crippen LogP contribution in [0.3, 0.4) is 0 Å². The molecule has 1 unspecified atom stereocenters. The van der Waals surface area contributed by atoms with E-state index in [1.807, 2.05) is 19.1 Å². The van der Waals surface area contributed by atoms with Crippen molar-refractivity contribution < 1.29 is 8.78 Å². The lowest BCUT2D eigenvalue weighted by Gasteiger charge is -2.19. The number of aryl methyl sites for hydroxylation is 2. The minimum atomic E-state index is -2.37. The number of benzene rings is 2. The molecule has 0 saturated heterocycles. The second kappa shape index (κ2) is 7.55. The Balaban J connectivity index is 1.92. The number of allylic oxidation sites excluding steroid dienone is 2. The van der Waals surface area contributed by atoms with E-state index >= 15 is 0 Å². The molecule has 0 saturated carbocycles. The molecule has 1 nitrogen and oxygen atoms in total. The van der Waals surface area contributed by atoms with Gasteiger partial charge in [0.15, 0.2) is 0 Å². The highest BCUT2D eigenvalue weighted by atomic mass is 19.3. The highest BCUT2D eigenvalue weighted by Crippen LogP contribution is 2.39. The summed E-state index contributed by atoms with van der Waals surface area (Å²) >= 11 is 0. The molecule has 4 rings (SSSR count). The van der Waals surface area contributed by atoms with E-state index in [1.165, 1.54) is 22.3 Å². The fourth-order valence-corrected chi connectivity index (χ4v) is 4.56. The van der Waals surface area contributed by atoms with Gasteiger partial charge in [-0.3, -0.25) is 0 Å². The molecule has 2 aromatic carbocycles. The molecule has 29 heavy (non-hydrogen) atoms. The maximum atomic E-state index is 13.1. The van der Waals surface area contributed by atoms with Crippen LogP contribution in [-0.2, 0) is 6.42 Å². The summed E-state index contributed by atoms with van der Waals surface area (Å²) in [5, 5.41) is 0.976. The van der Waals surface area contributed by atoms with Gasteiger partial charge in [0, 0.05) is 23.3 Å².